The van der Waals surface area contributed by atoms with Crippen molar-refractivity contribution in [3.8, 4) is 0 Å². The molecule has 0 aliphatic carbocycles. The highest BCUT2D eigenvalue weighted by Gasteiger charge is 2.25. The Hall–Kier alpha value is -2.08. The summed E-state index contributed by atoms with van der Waals surface area (Å²) in [6.07, 6.45) is 1.96. The number of nitrogens with zero attached hydrogens (tertiary/aromatic N) is 1. The molecule has 1 saturated heterocycles. The molecule has 4 N–H and O–H groups in total. The molecule has 2 atom stereocenters. The van der Waals surface area contributed by atoms with Gasteiger partial charge in [-0.1, -0.05) is 17.7 Å². The second kappa shape index (κ2) is 7.97. The lowest BCUT2D eigenvalue weighted by Gasteiger charge is -2.33. The van der Waals surface area contributed by atoms with Crippen LogP contribution < -0.4 is 16.4 Å². The van der Waals surface area contributed by atoms with E-state index in [4.69, 9.17) is 5.73 Å². The molecule has 1 aromatic carbocycles. The molecule has 1 aliphatic heterocycles. The van der Waals surface area contributed by atoms with Crippen molar-refractivity contribution in [2.75, 3.05) is 25.0 Å². The topological polar surface area (TPSA) is 87.5 Å². The number of piperidine rings is 1. The molecule has 0 aromatic heterocycles. The van der Waals surface area contributed by atoms with Gasteiger partial charge in [0.2, 0.25) is 5.91 Å². The van der Waals surface area contributed by atoms with Gasteiger partial charge in [-0.05, 0) is 44.7 Å². The fraction of sp³-hybridized carbons (Fsp3) is 0.529. The molecule has 2 rings (SSSR count). The summed E-state index contributed by atoms with van der Waals surface area (Å²) in [5.74, 6) is 0.258. The third-order valence-electron chi connectivity index (χ3n) is 4.08. The van der Waals surface area contributed by atoms with Crippen molar-refractivity contribution < 1.29 is 9.59 Å². The van der Waals surface area contributed by atoms with Gasteiger partial charge in [0.15, 0.2) is 0 Å². The van der Waals surface area contributed by atoms with Crippen LogP contribution in [0.3, 0.4) is 0 Å². The molecule has 0 spiro atoms. The van der Waals surface area contributed by atoms with Crippen molar-refractivity contribution in [1.82, 2.24) is 10.2 Å². The zero-order valence-electron chi connectivity index (χ0n) is 13.8. The normalized spacial score (nSPS) is 19.1. The highest BCUT2D eigenvalue weighted by Crippen LogP contribution is 2.16. The number of aryl methyl sites for hydroxylation is 1. The third-order valence-corrected chi connectivity index (χ3v) is 4.08. The van der Waals surface area contributed by atoms with Crippen LogP contribution in [0, 0.1) is 12.8 Å². The quantitative estimate of drug-likeness (QED) is 0.789. The standard InChI is InChI=1S/C17H26N4O2/c1-12-5-7-15(8-6-12)20-17(23)19-10-14-4-3-9-21(11-14)16(22)13(2)18/h5-8,13-14H,3-4,9-11,18H2,1-2H3,(H2,19,20,23)/t13-,14?/m0/s1. The summed E-state index contributed by atoms with van der Waals surface area (Å²) < 4.78 is 0. The number of hydrogen-bond acceptors (Lipinski definition) is 3. The summed E-state index contributed by atoms with van der Waals surface area (Å²) in [7, 11) is 0. The first-order valence-corrected chi connectivity index (χ1v) is 8.11. The third kappa shape index (κ3) is 5.25. The molecule has 1 aliphatic rings. The van der Waals surface area contributed by atoms with Crippen molar-refractivity contribution in [2.24, 2.45) is 11.7 Å². The Morgan fingerprint density at radius 1 is 1.35 bits per heavy atom. The summed E-state index contributed by atoms with van der Waals surface area (Å²) in [6, 6.07) is 6.97. The van der Waals surface area contributed by atoms with E-state index in [1.807, 2.05) is 31.2 Å². The number of anilines is 1. The van der Waals surface area contributed by atoms with E-state index in [-0.39, 0.29) is 17.9 Å². The minimum atomic E-state index is -0.466. The van der Waals surface area contributed by atoms with E-state index >= 15 is 0 Å². The maximum absolute atomic E-state index is 12.0. The van der Waals surface area contributed by atoms with Gasteiger partial charge >= 0.3 is 6.03 Å². The van der Waals surface area contributed by atoms with Crippen LogP contribution in [0.4, 0.5) is 10.5 Å². The SMILES string of the molecule is Cc1ccc(NC(=O)NCC2CCCN(C(=O)[C@H](C)N)C2)cc1. The Morgan fingerprint density at radius 2 is 2.04 bits per heavy atom. The number of carbonyl (C=O) groups is 2. The number of amides is 3. The molecule has 3 amide bonds. The number of hydrogen-bond donors (Lipinski definition) is 3. The predicted octanol–water partition coefficient (Wildman–Crippen LogP) is 1.70. The molecule has 1 aromatic rings. The van der Waals surface area contributed by atoms with E-state index in [0.717, 1.165) is 30.6 Å². The Labute approximate surface area is 137 Å². The van der Waals surface area contributed by atoms with E-state index in [1.54, 1.807) is 11.8 Å². The second-order valence-electron chi connectivity index (χ2n) is 6.28. The molecule has 1 unspecified atom stereocenters. The van der Waals surface area contributed by atoms with E-state index in [9.17, 15) is 9.59 Å². The Balaban J connectivity index is 1.77. The van der Waals surface area contributed by atoms with Gasteiger partial charge in [-0.3, -0.25) is 4.79 Å². The molecule has 1 heterocycles. The average molecular weight is 318 g/mol. The van der Waals surface area contributed by atoms with Crippen molar-refractivity contribution in [2.45, 2.75) is 32.7 Å². The molecule has 6 nitrogen and oxygen atoms in total. The minimum absolute atomic E-state index is 0.0150. The van der Waals surface area contributed by atoms with Crippen LogP contribution in [0.15, 0.2) is 24.3 Å². The molecule has 0 saturated carbocycles. The average Bonchev–Trinajstić information content (AvgIpc) is 2.54. The maximum atomic E-state index is 12.0. The van der Waals surface area contributed by atoms with Crippen LogP contribution in [0.25, 0.3) is 0 Å². The van der Waals surface area contributed by atoms with E-state index < -0.39 is 6.04 Å². The molecule has 23 heavy (non-hydrogen) atoms. The first-order chi connectivity index (χ1) is 11.0. The lowest BCUT2D eigenvalue weighted by atomic mass is 9.97. The van der Waals surface area contributed by atoms with Crippen molar-refractivity contribution in [3.05, 3.63) is 29.8 Å². The van der Waals surface area contributed by atoms with E-state index in [2.05, 4.69) is 10.6 Å². The van der Waals surface area contributed by atoms with Gasteiger partial charge in [0.1, 0.15) is 0 Å². The lowest BCUT2D eigenvalue weighted by Crippen LogP contribution is -2.49. The van der Waals surface area contributed by atoms with Gasteiger partial charge in [0, 0.05) is 25.3 Å². The molecule has 1 fully saturated rings. The van der Waals surface area contributed by atoms with Gasteiger partial charge in [-0.15, -0.1) is 0 Å². The highest BCUT2D eigenvalue weighted by atomic mass is 16.2. The second-order valence-corrected chi connectivity index (χ2v) is 6.28. The van der Waals surface area contributed by atoms with Gasteiger partial charge in [-0.25, -0.2) is 4.79 Å². The fourth-order valence-electron chi connectivity index (χ4n) is 2.77. The Kier molecular flexibility index (Phi) is 5.98. The summed E-state index contributed by atoms with van der Waals surface area (Å²) in [6.45, 7) is 5.68. The van der Waals surface area contributed by atoms with Crippen LogP contribution in [0.1, 0.15) is 25.3 Å². The highest BCUT2D eigenvalue weighted by molar-refractivity contribution is 5.89. The summed E-state index contributed by atoms with van der Waals surface area (Å²) >= 11 is 0. The van der Waals surface area contributed by atoms with Crippen molar-refractivity contribution >= 4 is 17.6 Å². The number of likely N-dealkylation sites (tertiary alicyclic amines) is 1. The van der Waals surface area contributed by atoms with Crippen LogP contribution in [0.2, 0.25) is 0 Å². The number of benzene rings is 1. The van der Waals surface area contributed by atoms with Crippen LogP contribution >= 0.6 is 0 Å². The predicted molar refractivity (Wildman–Crippen MR) is 91.2 cm³/mol. The molecular weight excluding hydrogens is 292 g/mol. The zero-order valence-corrected chi connectivity index (χ0v) is 13.8. The number of nitrogens with two attached hydrogens (primary N) is 1. The number of carbonyl (C=O) groups excluding carboxylic acids is 2. The van der Waals surface area contributed by atoms with Gasteiger partial charge in [0.25, 0.3) is 0 Å². The monoisotopic (exact) mass is 318 g/mol. The summed E-state index contributed by atoms with van der Waals surface area (Å²) in [5, 5.41) is 5.70. The number of rotatable bonds is 4. The smallest absolute Gasteiger partial charge is 0.319 e. The summed E-state index contributed by atoms with van der Waals surface area (Å²) in [4.78, 5) is 25.7. The Bertz CT molecular complexity index is 542. The van der Waals surface area contributed by atoms with Crippen molar-refractivity contribution in [1.29, 1.82) is 0 Å². The largest absolute Gasteiger partial charge is 0.341 e. The van der Waals surface area contributed by atoms with Crippen LogP contribution in [0.5, 0.6) is 0 Å². The fourth-order valence-corrected chi connectivity index (χ4v) is 2.77. The van der Waals surface area contributed by atoms with Gasteiger partial charge in [-0.2, -0.15) is 0 Å². The van der Waals surface area contributed by atoms with Gasteiger partial charge < -0.3 is 21.3 Å². The maximum Gasteiger partial charge on any atom is 0.319 e. The lowest BCUT2D eigenvalue weighted by molar-refractivity contribution is -0.133. The van der Waals surface area contributed by atoms with Gasteiger partial charge in [0.05, 0.1) is 6.04 Å². The van der Waals surface area contributed by atoms with E-state index in [0.29, 0.717) is 13.1 Å². The minimum Gasteiger partial charge on any atom is -0.341 e. The zero-order chi connectivity index (χ0) is 16.8. The van der Waals surface area contributed by atoms with Crippen LogP contribution in [-0.2, 0) is 4.79 Å². The Morgan fingerprint density at radius 3 is 2.70 bits per heavy atom. The van der Waals surface area contributed by atoms with Crippen molar-refractivity contribution in [3.63, 3.8) is 0 Å². The molecular formula is C17H26N4O2. The molecule has 0 radical (unpaired) electrons. The first-order valence-electron chi connectivity index (χ1n) is 8.11. The first kappa shape index (κ1) is 17.3. The summed E-state index contributed by atoms with van der Waals surface area (Å²) in [5.41, 5.74) is 7.58. The molecule has 6 heteroatoms. The van der Waals surface area contributed by atoms with Crippen LogP contribution in [-0.4, -0.2) is 42.5 Å². The van der Waals surface area contributed by atoms with E-state index in [1.165, 1.54) is 0 Å². The molecule has 0 bridgehead atoms. The number of urea groups is 1. The molecule has 126 valence electrons. The number of nitrogens with one attached hydrogen (secondary N) is 2.